The molecule has 0 aliphatic carbocycles. The molecule has 36 heavy (non-hydrogen) atoms. The number of aliphatic hydroxyl groups excluding tert-OH is 1. The predicted octanol–water partition coefficient (Wildman–Crippen LogP) is 2.43. The summed E-state index contributed by atoms with van der Waals surface area (Å²) in [4.78, 5) is 42.8. The number of fused-ring (bicyclic) bond motifs is 5. The molecule has 2 aliphatic heterocycles. The first kappa shape index (κ1) is 24.4. The van der Waals surface area contributed by atoms with Crippen LogP contribution >= 0.6 is 11.6 Å². The van der Waals surface area contributed by atoms with Crippen molar-refractivity contribution in [3.05, 3.63) is 61.6 Å². The lowest BCUT2D eigenvalue weighted by Gasteiger charge is -2.31. The molecule has 0 bridgehead atoms. The Bertz CT molecular complexity index is 1530. The number of carbonyl (C=O) groups excluding carboxylic acids is 2. The summed E-state index contributed by atoms with van der Waals surface area (Å²) < 4.78 is 21.0. The number of cyclic esters (lactones) is 1. The van der Waals surface area contributed by atoms with Gasteiger partial charge in [-0.05, 0) is 38.0 Å². The fourth-order valence-corrected chi connectivity index (χ4v) is 5.17. The topological polar surface area (TPSA) is 131 Å². The molecule has 2 aromatic heterocycles. The molecular formula is C25H23ClFN3O6. The normalized spacial score (nSPS) is 19.8. The van der Waals surface area contributed by atoms with Crippen molar-refractivity contribution in [2.45, 2.75) is 58.1 Å². The van der Waals surface area contributed by atoms with Crippen LogP contribution in [0.5, 0.6) is 0 Å². The number of hydrogen-bond acceptors (Lipinski definition) is 7. The van der Waals surface area contributed by atoms with Gasteiger partial charge >= 0.3 is 5.97 Å². The maximum Gasteiger partial charge on any atom is 0.343 e. The second-order valence-corrected chi connectivity index (χ2v) is 9.55. The summed E-state index contributed by atoms with van der Waals surface area (Å²) in [6, 6.07) is 3.48. The summed E-state index contributed by atoms with van der Waals surface area (Å²) in [5.74, 6) is -2.13. The highest BCUT2D eigenvalue weighted by atomic mass is 35.5. The van der Waals surface area contributed by atoms with E-state index in [1.54, 1.807) is 19.9 Å². The maximum atomic E-state index is 14.4. The molecule has 11 heteroatoms. The highest BCUT2D eigenvalue weighted by Crippen LogP contribution is 2.42. The van der Waals surface area contributed by atoms with Crippen molar-refractivity contribution >= 4 is 34.4 Å². The van der Waals surface area contributed by atoms with Gasteiger partial charge in [0.15, 0.2) is 5.60 Å². The number of amides is 1. The van der Waals surface area contributed by atoms with E-state index in [-0.39, 0.29) is 41.2 Å². The molecule has 0 saturated heterocycles. The lowest BCUT2D eigenvalue weighted by Crippen LogP contribution is -2.44. The zero-order valence-corrected chi connectivity index (χ0v) is 20.4. The summed E-state index contributed by atoms with van der Waals surface area (Å²) in [5, 5.41) is 23.8. The third-order valence-electron chi connectivity index (χ3n) is 6.94. The van der Waals surface area contributed by atoms with Gasteiger partial charge in [0.25, 0.3) is 5.56 Å². The maximum absolute atomic E-state index is 14.4. The molecule has 0 radical (unpaired) electrons. The van der Waals surface area contributed by atoms with Crippen LogP contribution in [0.15, 0.2) is 23.0 Å². The fraction of sp³-hybridized carbons (Fsp3) is 0.360. The lowest BCUT2D eigenvalue weighted by atomic mass is 9.86. The molecule has 0 unspecified atom stereocenters. The van der Waals surface area contributed by atoms with Gasteiger partial charge in [-0.25, -0.2) is 14.2 Å². The molecule has 2 aliphatic rings. The number of halogens is 2. The Morgan fingerprint density at radius 3 is 2.69 bits per heavy atom. The number of nitrogens with one attached hydrogen (secondary N) is 1. The van der Waals surface area contributed by atoms with E-state index < -0.39 is 41.0 Å². The molecule has 4 heterocycles. The molecule has 9 nitrogen and oxygen atoms in total. The van der Waals surface area contributed by atoms with E-state index in [2.05, 4.69) is 10.3 Å². The SMILES string of the molecule is CC[C@@]1(O)C(=O)OCc2c1cc1n(c2=O)Cc2c-1nc1cc(F)c(Cl)cc1c2[C@H](C)NC(=O)[C@@H](C)O. The minimum atomic E-state index is -1.98. The average Bonchev–Trinajstić information content (AvgIpc) is 3.19. The molecule has 0 spiro atoms. The minimum Gasteiger partial charge on any atom is -0.458 e. The minimum absolute atomic E-state index is 0.00287. The molecule has 188 valence electrons. The third-order valence-corrected chi connectivity index (χ3v) is 7.23. The molecule has 0 fully saturated rings. The highest BCUT2D eigenvalue weighted by Gasteiger charge is 2.45. The third kappa shape index (κ3) is 3.43. The monoisotopic (exact) mass is 515 g/mol. The van der Waals surface area contributed by atoms with Gasteiger partial charge in [-0.15, -0.1) is 0 Å². The largest absolute Gasteiger partial charge is 0.458 e. The first-order valence-corrected chi connectivity index (χ1v) is 11.8. The Labute approximate surface area is 209 Å². The van der Waals surface area contributed by atoms with Crippen molar-refractivity contribution in [1.29, 1.82) is 0 Å². The van der Waals surface area contributed by atoms with Gasteiger partial charge in [-0.3, -0.25) is 9.59 Å². The Balaban J connectivity index is 1.80. The van der Waals surface area contributed by atoms with Crippen LogP contribution in [-0.4, -0.2) is 37.7 Å². The summed E-state index contributed by atoms with van der Waals surface area (Å²) in [6.07, 6.45) is -1.26. The zero-order valence-electron chi connectivity index (χ0n) is 19.7. The van der Waals surface area contributed by atoms with Gasteiger partial charge in [0, 0.05) is 22.6 Å². The standard InChI is InChI=1S/C25H23ClFN3O6/c1-4-25(35)15-6-19-21-13(8-30(19)23(33)14(15)9-36-24(25)34)20(10(2)28-22(32)11(3)31)12-5-16(26)17(27)7-18(12)29-21/h5-7,10-11,31,35H,4,8-9H2,1-3H3,(H,28,32)/t10-,11+,25-/m0/s1. The van der Waals surface area contributed by atoms with Crippen LogP contribution < -0.4 is 10.9 Å². The summed E-state index contributed by atoms with van der Waals surface area (Å²) >= 11 is 6.07. The van der Waals surface area contributed by atoms with E-state index in [1.807, 2.05) is 0 Å². The number of benzene rings is 1. The van der Waals surface area contributed by atoms with E-state index in [1.165, 1.54) is 23.6 Å². The van der Waals surface area contributed by atoms with Gasteiger partial charge < -0.3 is 24.8 Å². The van der Waals surface area contributed by atoms with Crippen molar-refractivity contribution in [2.75, 3.05) is 0 Å². The second kappa shape index (κ2) is 8.36. The van der Waals surface area contributed by atoms with Crippen LogP contribution in [0.2, 0.25) is 5.02 Å². The molecule has 3 aromatic rings. The molecule has 3 atom stereocenters. The average molecular weight is 516 g/mol. The number of hydrogen-bond donors (Lipinski definition) is 3. The van der Waals surface area contributed by atoms with Crippen LogP contribution in [0, 0.1) is 5.82 Å². The quantitative estimate of drug-likeness (QED) is 0.356. The molecule has 5 rings (SSSR count). The number of carbonyl (C=O) groups is 2. The van der Waals surface area contributed by atoms with Crippen LogP contribution in [0.4, 0.5) is 4.39 Å². The summed E-state index contributed by atoms with van der Waals surface area (Å²) in [6.45, 7) is 4.46. The number of esters is 1. The molecule has 1 amide bonds. The fourth-order valence-electron chi connectivity index (χ4n) is 5.01. The van der Waals surface area contributed by atoms with E-state index in [0.29, 0.717) is 27.9 Å². The Morgan fingerprint density at radius 2 is 2.03 bits per heavy atom. The van der Waals surface area contributed by atoms with Gasteiger partial charge in [-0.2, -0.15) is 0 Å². The van der Waals surface area contributed by atoms with Crippen LogP contribution in [0.25, 0.3) is 22.3 Å². The van der Waals surface area contributed by atoms with Gasteiger partial charge in [0.2, 0.25) is 5.91 Å². The van der Waals surface area contributed by atoms with E-state index in [9.17, 15) is 29.0 Å². The molecule has 3 N–H and O–H groups in total. The number of aromatic nitrogens is 2. The first-order valence-electron chi connectivity index (χ1n) is 11.4. The first-order chi connectivity index (χ1) is 17.0. The smallest absolute Gasteiger partial charge is 0.343 e. The predicted molar refractivity (Wildman–Crippen MR) is 128 cm³/mol. The van der Waals surface area contributed by atoms with Crippen molar-refractivity contribution in [1.82, 2.24) is 14.9 Å². The van der Waals surface area contributed by atoms with Crippen molar-refractivity contribution in [2.24, 2.45) is 0 Å². The van der Waals surface area contributed by atoms with Gasteiger partial charge in [-0.1, -0.05) is 18.5 Å². The van der Waals surface area contributed by atoms with Gasteiger partial charge in [0.05, 0.1) is 40.1 Å². The molecule has 1 aromatic carbocycles. The number of pyridine rings is 2. The number of nitrogens with zero attached hydrogens (tertiary/aromatic N) is 2. The summed E-state index contributed by atoms with van der Waals surface area (Å²) in [7, 11) is 0. The zero-order chi connectivity index (χ0) is 26.1. The Kier molecular flexibility index (Phi) is 5.66. The van der Waals surface area contributed by atoms with Crippen LogP contribution in [0.3, 0.4) is 0 Å². The molecule has 0 saturated carbocycles. The van der Waals surface area contributed by atoms with Crippen molar-refractivity contribution in [3.63, 3.8) is 0 Å². The van der Waals surface area contributed by atoms with Crippen LogP contribution in [0.1, 0.15) is 55.5 Å². The number of aliphatic hydroxyl groups is 2. The second-order valence-electron chi connectivity index (χ2n) is 9.15. The highest BCUT2D eigenvalue weighted by molar-refractivity contribution is 6.31. The number of rotatable bonds is 4. The van der Waals surface area contributed by atoms with Crippen LogP contribution in [-0.2, 0) is 33.1 Å². The van der Waals surface area contributed by atoms with Gasteiger partial charge in [0.1, 0.15) is 18.5 Å². The van der Waals surface area contributed by atoms with E-state index in [0.717, 1.165) is 0 Å². The number of ether oxygens (including phenoxy) is 1. The van der Waals surface area contributed by atoms with Crippen molar-refractivity contribution < 1.29 is 28.9 Å². The molecular weight excluding hydrogens is 493 g/mol. The van der Waals surface area contributed by atoms with Crippen molar-refractivity contribution in [3.8, 4) is 11.4 Å². The Morgan fingerprint density at radius 1 is 1.31 bits per heavy atom. The van der Waals surface area contributed by atoms with E-state index in [4.69, 9.17) is 16.3 Å². The van der Waals surface area contributed by atoms with E-state index >= 15 is 0 Å². The lowest BCUT2D eigenvalue weighted by molar-refractivity contribution is -0.172. The summed E-state index contributed by atoms with van der Waals surface area (Å²) in [5.41, 5.74) is 0.00562. The Hall–Kier alpha value is -3.34.